The Morgan fingerprint density at radius 1 is 1.59 bits per heavy atom. The van der Waals surface area contributed by atoms with Gasteiger partial charge in [0.2, 0.25) is 0 Å². The van der Waals surface area contributed by atoms with E-state index in [0.717, 1.165) is 22.9 Å². The highest BCUT2D eigenvalue weighted by molar-refractivity contribution is 9.10. The second-order valence-corrected chi connectivity index (χ2v) is 5.58. The molecule has 0 radical (unpaired) electrons. The number of ether oxygens (including phenoxy) is 1. The first-order valence-corrected chi connectivity index (χ1v) is 6.41. The fourth-order valence-corrected chi connectivity index (χ4v) is 2.93. The van der Waals surface area contributed by atoms with Gasteiger partial charge in [0.1, 0.15) is 5.75 Å². The summed E-state index contributed by atoms with van der Waals surface area (Å²) in [5.74, 6) is -0.129. The van der Waals surface area contributed by atoms with Crippen molar-refractivity contribution >= 4 is 33.5 Å². The monoisotopic (exact) mass is 318 g/mol. The first-order chi connectivity index (χ1) is 7.98. The van der Waals surface area contributed by atoms with Gasteiger partial charge in [0.15, 0.2) is 0 Å². The smallest absolute Gasteiger partial charge is 0.304 e. The van der Waals surface area contributed by atoms with E-state index in [-0.39, 0.29) is 11.8 Å². The molecule has 0 unspecified atom stereocenters. The third-order valence-corrected chi connectivity index (χ3v) is 4.09. The van der Waals surface area contributed by atoms with Crippen molar-refractivity contribution in [2.75, 3.05) is 7.11 Å². The largest absolute Gasteiger partial charge is 0.496 e. The van der Waals surface area contributed by atoms with Gasteiger partial charge in [-0.15, -0.1) is 0 Å². The fourth-order valence-electron chi connectivity index (χ4n) is 2.07. The number of hydrogen-bond acceptors (Lipinski definition) is 2. The van der Waals surface area contributed by atoms with Crippen LogP contribution in [0.3, 0.4) is 0 Å². The molecule has 0 heterocycles. The van der Waals surface area contributed by atoms with Crippen LogP contribution in [0.15, 0.2) is 16.6 Å². The molecular weight excluding hydrogens is 307 g/mol. The zero-order valence-electron chi connectivity index (χ0n) is 9.30. The Labute approximate surface area is 113 Å². The Kier molecular flexibility index (Phi) is 3.36. The molecule has 1 saturated carbocycles. The molecule has 0 amide bonds. The van der Waals surface area contributed by atoms with Gasteiger partial charge < -0.3 is 9.84 Å². The van der Waals surface area contributed by atoms with E-state index in [4.69, 9.17) is 21.4 Å². The van der Waals surface area contributed by atoms with E-state index < -0.39 is 5.97 Å². The minimum atomic E-state index is -0.787. The van der Waals surface area contributed by atoms with Crippen molar-refractivity contribution < 1.29 is 14.6 Å². The maximum Gasteiger partial charge on any atom is 0.304 e. The normalized spacial score (nSPS) is 16.6. The van der Waals surface area contributed by atoms with Crippen LogP contribution >= 0.6 is 27.5 Å². The molecule has 5 heteroatoms. The maximum absolute atomic E-state index is 10.9. The lowest BCUT2D eigenvalue weighted by molar-refractivity contribution is -0.137. The number of rotatable bonds is 4. The summed E-state index contributed by atoms with van der Waals surface area (Å²) < 4.78 is 5.95. The summed E-state index contributed by atoms with van der Waals surface area (Å²) in [4.78, 5) is 10.9. The number of carbonyl (C=O) groups is 1. The number of carboxylic acids is 1. The number of aliphatic carboxylic acids is 1. The average Bonchev–Trinajstić information content (AvgIpc) is 3.00. The Bertz CT molecular complexity index is 469. The minimum Gasteiger partial charge on any atom is -0.496 e. The fraction of sp³-hybridized carbons (Fsp3) is 0.417. The van der Waals surface area contributed by atoms with Crippen molar-refractivity contribution in [2.45, 2.75) is 24.7 Å². The van der Waals surface area contributed by atoms with Gasteiger partial charge >= 0.3 is 5.97 Å². The van der Waals surface area contributed by atoms with Crippen LogP contribution in [0.2, 0.25) is 5.02 Å². The maximum atomic E-state index is 10.9. The molecule has 0 atom stereocenters. The number of benzene rings is 1. The van der Waals surface area contributed by atoms with E-state index in [2.05, 4.69) is 15.9 Å². The molecule has 1 aliphatic carbocycles. The minimum absolute atomic E-state index is 0.130. The van der Waals surface area contributed by atoms with Crippen molar-refractivity contribution in [3.05, 3.63) is 27.2 Å². The third kappa shape index (κ3) is 2.43. The van der Waals surface area contributed by atoms with E-state index in [0.29, 0.717) is 10.8 Å². The van der Waals surface area contributed by atoms with Crippen LogP contribution in [0.25, 0.3) is 0 Å². The summed E-state index contributed by atoms with van der Waals surface area (Å²) in [6, 6.07) is 3.60. The van der Waals surface area contributed by atoms with Crippen LogP contribution in [0.5, 0.6) is 5.75 Å². The lowest BCUT2D eigenvalue weighted by Gasteiger charge is -2.16. The highest BCUT2D eigenvalue weighted by Gasteiger charge is 2.47. The first kappa shape index (κ1) is 12.7. The molecular formula is C12H12BrClO3. The predicted octanol–water partition coefficient (Wildman–Crippen LogP) is 3.62. The second-order valence-electron chi connectivity index (χ2n) is 4.32. The van der Waals surface area contributed by atoms with E-state index in [1.54, 1.807) is 13.2 Å². The summed E-state index contributed by atoms with van der Waals surface area (Å²) >= 11 is 9.59. The molecule has 0 bridgehead atoms. The number of halogens is 2. The van der Waals surface area contributed by atoms with Gasteiger partial charge in [0.25, 0.3) is 0 Å². The number of methoxy groups -OCH3 is 1. The Morgan fingerprint density at radius 2 is 2.24 bits per heavy atom. The lowest BCUT2D eigenvalue weighted by Crippen LogP contribution is -2.13. The SMILES string of the molecule is COc1cc(Cl)c(C2(CC(=O)O)CC2)cc1Br. The summed E-state index contributed by atoms with van der Waals surface area (Å²) in [6.45, 7) is 0. The van der Waals surface area contributed by atoms with Gasteiger partial charge in [0, 0.05) is 16.5 Å². The Morgan fingerprint density at radius 3 is 2.71 bits per heavy atom. The molecule has 1 aromatic rings. The molecule has 1 aliphatic rings. The molecule has 2 rings (SSSR count). The van der Waals surface area contributed by atoms with Crippen molar-refractivity contribution in [2.24, 2.45) is 0 Å². The molecule has 1 aromatic carbocycles. The van der Waals surface area contributed by atoms with Crippen LogP contribution < -0.4 is 4.74 Å². The van der Waals surface area contributed by atoms with Crippen molar-refractivity contribution in [3.63, 3.8) is 0 Å². The zero-order valence-corrected chi connectivity index (χ0v) is 11.6. The highest BCUT2D eigenvalue weighted by atomic mass is 79.9. The molecule has 0 saturated heterocycles. The third-order valence-electron chi connectivity index (χ3n) is 3.16. The standard InChI is InChI=1S/C12H12BrClO3/c1-17-10-5-9(14)7(4-8(10)13)12(2-3-12)6-11(15)16/h4-5H,2-3,6H2,1H3,(H,15,16). The average molecular weight is 320 g/mol. The molecule has 1 fully saturated rings. The quantitative estimate of drug-likeness (QED) is 0.922. The molecule has 1 N–H and O–H groups in total. The number of carboxylic acid groups (broad SMARTS) is 1. The molecule has 0 spiro atoms. The van der Waals surface area contributed by atoms with Crippen LogP contribution in [0.4, 0.5) is 0 Å². The number of hydrogen-bond donors (Lipinski definition) is 1. The Hall–Kier alpha value is -0.740. The van der Waals surface area contributed by atoms with Crippen LogP contribution in [0, 0.1) is 0 Å². The van der Waals surface area contributed by atoms with Crippen molar-refractivity contribution in [3.8, 4) is 5.75 Å². The van der Waals surface area contributed by atoms with Gasteiger partial charge in [0.05, 0.1) is 18.0 Å². The van der Waals surface area contributed by atoms with E-state index in [1.807, 2.05) is 6.07 Å². The van der Waals surface area contributed by atoms with E-state index in [9.17, 15) is 4.79 Å². The second kappa shape index (κ2) is 4.50. The van der Waals surface area contributed by atoms with Crippen LogP contribution in [-0.4, -0.2) is 18.2 Å². The van der Waals surface area contributed by atoms with Gasteiger partial charge in [-0.25, -0.2) is 0 Å². The summed E-state index contributed by atoms with van der Waals surface area (Å²) in [5.41, 5.74) is 0.617. The van der Waals surface area contributed by atoms with Crippen molar-refractivity contribution in [1.29, 1.82) is 0 Å². The lowest BCUT2D eigenvalue weighted by atomic mass is 9.92. The van der Waals surface area contributed by atoms with E-state index in [1.165, 1.54) is 0 Å². The molecule has 3 nitrogen and oxygen atoms in total. The van der Waals surface area contributed by atoms with Crippen LogP contribution in [-0.2, 0) is 10.2 Å². The summed E-state index contributed by atoms with van der Waals surface area (Å²) in [6.07, 6.45) is 1.88. The molecule has 0 aromatic heterocycles. The predicted molar refractivity (Wildman–Crippen MR) is 68.9 cm³/mol. The van der Waals surface area contributed by atoms with Gasteiger partial charge in [-0.05, 0) is 40.4 Å². The topological polar surface area (TPSA) is 46.5 Å². The highest BCUT2D eigenvalue weighted by Crippen LogP contribution is 2.54. The van der Waals surface area contributed by atoms with Gasteiger partial charge in [-0.3, -0.25) is 4.79 Å². The first-order valence-electron chi connectivity index (χ1n) is 5.24. The molecule has 92 valence electrons. The molecule has 17 heavy (non-hydrogen) atoms. The van der Waals surface area contributed by atoms with Gasteiger partial charge in [-0.1, -0.05) is 11.6 Å². The molecule has 0 aliphatic heterocycles. The van der Waals surface area contributed by atoms with E-state index >= 15 is 0 Å². The zero-order chi connectivity index (χ0) is 12.6. The summed E-state index contributed by atoms with van der Waals surface area (Å²) in [5, 5.41) is 9.50. The van der Waals surface area contributed by atoms with Gasteiger partial charge in [-0.2, -0.15) is 0 Å². The van der Waals surface area contributed by atoms with Crippen LogP contribution in [0.1, 0.15) is 24.8 Å². The summed E-state index contributed by atoms with van der Waals surface area (Å²) in [7, 11) is 1.57. The Balaban J connectivity index is 2.39. The van der Waals surface area contributed by atoms with Crippen molar-refractivity contribution in [1.82, 2.24) is 0 Å².